The van der Waals surface area contributed by atoms with Gasteiger partial charge in [-0.2, -0.15) is 5.26 Å². The number of likely N-dealkylation sites (tertiary alicyclic amines) is 1. The van der Waals surface area contributed by atoms with Gasteiger partial charge in [-0.25, -0.2) is 4.68 Å². The summed E-state index contributed by atoms with van der Waals surface area (Å²) in [4.78, 5) is 20.2. The maximum absolute atomic E-state index is 13.2. The van der Waals surface area contributed by atoms with Crippen molar-refractivity contribution in [3.8, 4) is 6.07 Å². The zero-order valence-corrected chi connectivity index (χ0v) is 29.6. The number of piperidine rings is 1. The maximum atomic E-state index is 13.2. The summed E-state index contributed by atoms with van der Waals surface area (Å²) in [7, 11) is 1.76. The van der Waals surface area contributed by atoms with Crippen LogP contribution in [0, 0.1) is 16.7 Å². The molecule has 0 spiro atoms. The van der Waals surface area contributed by atoms with Gasteiger partial charge in [0.2, 0.25) is 0 Å². The molecule has 250 valence electrons. The van der Waals surface area contributed by atoms with Crippen molar-refractivity contribution in [3.63, 3.8) is 0 Å². The predicted molar refractivity (Wildman–Crippen MR) is 194 cm³/mol. The van der Waals surface area contributed by atoms with Crippen LogP contribution < -0.4 is 16.2 Å². The molecule has 2 N–H and O–H groups in total. The Balaban J connectivity index is 1.44. The Morgan fingerprint density at radius 1 is 1.06 bits per heavy atom. The Kier molecular flexibility index (Phi) is 8.96. The van der Waals surface area contributed by atoms with E-state index in [4.69, 9.17) is 16.7 Å². The van der Waals surface area contributed by atoms with E-state index in [0.29, 0.717) is 33.7 Å². The molecule has 0 bridgehead atoms. The molecule has 0 amide bonds. The van der Waals surface area contributed by atoms with Crippen LogP contribution in [0.5, 0.6) is 0 Å². The molecular weight excluding hydrogens is 622 g/mol. The third kappa shape index (κ3) is 6.75. The molecule has 6 rings (SSSR count). The van der Waals surface area contributed by atoms with E-state index >= 15 is 0 Å². The van der Waals surface area contributed by atoms with Crippen LogP contribution in [0.25, 0.3) is 21.7 Å². The highest BCUT2D eigenvalue weighted by Crippen LogP contribution is 2.37. The number of anilines is 2. The van der Waals surface area contributed by atoms with Crippen molar-refractivity contribution >= 4 is 44.7 Å². The summed E-state index contributed by atoms with van der Waals surface area (Å²) >= 11 is 6.88. The van der Waals surface area contributed by atoms with E-state index in [-0.39, 0.29) is 22.6 Å². The fraction of sp³-hybridized carbons (Fsp3) is 0.432. The number of pyridine rings is 2. The Bertz CT molecular complexity index is 2070. The summed E-state index contributed by atoms with van der Waals surface area (Å²) < 4.78 is 3.59. The molecule has 1 fully saturated rings. The monoisotopic (exact) mass is 665 g/mol. The van der Waals surface area contributed by atoms with E-state index in [0.717, 1.165) is 53.6 Å². The average molecular weight is 666 g/mol. The summed E-state index contributed by atoms with van der Waals surface area (Å²) in [6.07, 6.45) is 7.36. The zero-order chi connectivity index (χ0) is 34.4. The fourth-order valence-electron chi connectivity index (χ4n) is 6.50. The molecule has 1 aliphatic heterocycles. The van der Waals surface area contributed by atoms with Gasteiger partial charge < -0.3 is 15.2 Å². The lowest BCUT2D eigenvalue weighted by Crippen LogP contribution is -2.46. The number of fused-ring (bicyclic) bond motifs is 2. The minimum atomic E-state index is -0.462. The summed E-state index contributed by atoms with van der Waals surface area (Å²) in [5.74, 6) is 0. The molecule has 1 saturated heterocycles. The van der Waals surface area contributed by atoms with E-state index < -0.39 is 6.04 Å². The zero-order valence-electron chi connectivity index (χ0n) is 28.8. The van der Waals surface area contributed by atoms with Gasteiger partial charge in [0, 0.05) is 61.1 Å². The largest absolute Gasteiger partial charge is 0.383 e. The quantitative estimate of drug-likeness (QED) is 0.186. The van der Waals surface area contributed by atoms with Gasteiger partial charge in [0.15, 0.2) is 0 Å². The first-order valence-electron chi connectivity index (χ1n) is 16.5. The van der Waals surface area contributed by atoms with Gasteiger partial charge in [0.1, 0.15) is 11.8 Å². The van der Waals surface area contributed by atoms with Crippen molar-refractivity contribution in [2.75, 3.05) is 30.3 Å². The van der Waals surface area contributed by atoms with Crippen LogP contribution in [-0.2, 0) is 7.05 Å². The molecule has 1 atom stereocenters. The number of benzene rings is 2. The second kappa shape index (κ2) is 12.9. The number of rotatable bonds is 7. The van der Waals surface area contributed by atoms with Gasteiger partial charge in [-0.05, 0) is 74.2 Å². The number of nitrogens with zero attached hydrogens (tertiary/aromatic N) is 7. The van der Waals surface area contributed by atoms with E-state index in [1.165, 1.54) is 0 Å². The van der Waals surface area contributed by atoms with Crippen molar-refractivity contribution in [2.24, 2.45) is 12.5 Å². The highest BCUT2D eigenvalue weighted by Gasteiger charge is 2.29. The second-order valence-electron chi connectivity index (χ2n) is 15.1. The lowest BCUT2D eigenvalue weighted by Gasteiger charge is -2.40. The summed E-state index contributed by atoms with van der Waals surface area (Å²) in [5, 5.41) is 29.2. The molecule has 0 saturated carbocycles. The molecule has 3 aromatic heterocycles. The second-order valence-corrected chi connectivity index (χ2v) is 15.5. The number of hydrogen-bond donors (Lipinski definition) is 2. The van der Waals surface area contributed by atoms with Gasteiger partial charge in [-0.15, -0.1) is 5.10 Å². The van der Waals surface area contributed by atoms with Crippen LogP contribution in [-0.4, -0.2) is 54.6 Å². The predicted octanol–water partition coefficient (Wildman–Crippen LogP) is 7.30. The molecule has 11 heteroatoms. The maximum Gasteiger partial charge on any atom is 0.258 e. The lowest BCUT2D eigenvalue weighted by atomic mass is 9.96. The van der Waals surface area contributed by atoms with Gasteiger partial charge in [-0.3, -0.25) is 14.7 Å². The Hall–Kier alpha value is -4.46. The van der Waals surface area contributed by atoms with Crippen molar-refractivity contribution in [3.05, 3.63) is 87.2 Å². The fourth-order valence-corrected chi connectivity index (χ4v) is 6.77. The first-order chi connectivity index (χ1) is 22.7. The molecule has 1 aliphatic rings. The highest BCUT2D eigenvalue weighted by atomic mass is 35.5. The summed E-state index contributed by atoms with van der Waals surface area (Å²) in [6, 6.07) is 13.6. The SMILES string of the molecule is Cn1ccc2c([C@H](Nc3cc(Cl)c4ncc(C#N)c(NCC(C)(C)C)c4c3)c3cn(C4CCN(C(C)(C)C)CC4)nn3)cccc2c1=O. The number of aryl methyl sites for hydroxylation is 1. The Morgan fingerprint density at radius 3 is 2.50 bits per heavy atom. The molecule has 0 unspecified atom stereocenters. The van der Waals surface area contributed by atoms with Gasteiger partial charge >= 0.3 is 0 Å². The Morgan fingerprint density at radius 2 is 1.81 bits per heavy atom. The smallest absolute Gasteiger partial charge is 0.258 e. The number of nitrogens with one attached hydrogen (secondary N) is 2. The third-order valence-corrected chi connectivity index (χ3v) is 9.52. The van der Waals surface area contributed by atoms with Crippen LogP contribution in [0.1, 0.15) is 83.3 Å². The molecule has 2 aromatic carbocycles. The van der Waals surface area contributed by atoms with Gasteiger partial charge in [-0.1, -0.05) is 49.7 Å². The molecule has 10 nitrogen and oxygen atoms in total. The summed E-state index contributed by atoms with van der Waals surface area (Å²) in [6.45, 7) is 15.8. The number of aromatic nitrogens is 5. The first kappa shape index (κ1) is 33.4. The summed E-state index contributed by atoms with van der Waals surface area (Å²) in [5.41, 5.74) is 4.14. The van der Waals surface area contributed by atoms with Crippen molar-refractivity contribution in [2.45, 2.75) is 72.0 Å². The number of halogens is 1. The lowest BCUT2D eigenvalue weighted by molar-refractivity contribution is 0.0866. The Labute approximate surface area is 286 Å². The molecule has 5 aromatic rings. The van der Waals surface area contributed by atoms with Crippen molar-refractivity contribution in [1.29, 1.82) is 5.26 Å². The number of nitriles is 1. The average Bonchev–Trinajstić information content (AvgIpc) is 3.53. The van der Waals surface area contributed by atoms with Crippen molar-refractivity contribution < 1.29 is 0 Å². The van der Waals surface area contributed by atoms with E-state index in [9.17, 15) is 10.1 Å². The molecule has 0 radical (unpaired) electrons. The van der Waals surface area contributed by atoms with Gasteiger partial charge in [0.05, 0.1) is 40.1 Å². The molecule has 48 heavy (non-hydrogen) atoms. The van der Waals surface area contributed by atoms with E-state index in [1.807, 2.05) is 47.3 Å². The molecule has 4 heterocycles. The van der Waals surface area contributed by atoms with E-state index in [1.54, 1.807) is 24.0 Å². The molecular formula is C37H44ClN9O. The minimum Gasteiger partial charge on any atom is -0.383 e. The normalized spacial score (nSPS) is 15.5. The number of hydrogen-bond acceptors (Lipinski definition) is 8. The topological polar surface area (TPSA) is 117 Å². The van der Waals surface area contributed by atoms with Crippen LogP contribution in [0.3, 0.4) is 0 Å². The standard InChI is InChI=1S/C37H44ClN9O/c1-36(2,3)22-41-32-23(19-39)20-40-33-29(32)17-24(18-30(33)38)42-34(27-9-8-10-28-26(27)13-14-45(7)35(28)48)31-21-47(44-43-31)25-11-15-46(16-12-25)37(4,5)6/h8-10,13-14,17-18,20-21,25,34,42H,11-12,15-16,22H2,1-7H3,(H,40,41)/t34-/m0/s1. The highest BCUT2D eigenvalue weighted by molar-refractivity contribution is 6.35. The van der Waals surface area contributed by atoms with Crippen LogP contribution in [0.2, 0.25) is 5.02 Å². The molecule has 0 aliphatic carbocycles. The van der Waals surface area contributed by atoms with Crippen LogP contribution in [0.15, 0.2) is 59.8 Å². The first-order valence-corrected chi connectivity index (χ1v) is 16.9. The minimum absolute atomic E-state index is 0.0202. The van der Waals surface area contributed by atoms with Crippen LogP contribution >= 0.6 is 11.6 Å². The van der Waals surface area contributed by atoms with Gasteiger partial charge in [0.25, 0.3) is 5.56 Å². The van der Waals surface area contributed by atoms with Crippen LogP contribution in [0.4, 0.5) is 11.4 Å². The van der Waals surface area contributed by atoms with E-state index in [2.05, 4.69) is 73.3 Å². The third-order valence-electron chi connectivity index (χ3n) is 9.23. The van der Waals surface area contributed by atoms with Crippen molar-refractivity contribution in [1.82, 2.24) is 29.4 Å².